The maximum atomic E-state index is 5.06. The second kappa shape index (κ2) is 14.8. The molecule has 4 heteroatoms. The third kappa shape index (κ3) is 6.59. The van der Waals surface area contributed by atoms with Gasteiger partial charge in [-0.15, -0.1) is 0 Å². The highest BCUT2D eigenvalue weighted by atomic mass is 15.0. The maximum absolute atomic E-state index is 5.06. The van der Waals surface area contributed by atoms with E-state index in [9.17, 15) is 0 Å². The summed E-state index contributed by atoms with van der Waals surface area (Å²) in [5.74, 6) is 1.89. The van der Waals surface area contributed by atoms with Crippen molar-refractivity contribution in [2.75, 3.05) is 0 Å². The molecule has 0 aliphatic heterocycles. The van der Waals surface area contributed by atoms with Gasteiger partial charge in [-0.3, -0.25) is 4.98 Å². The molecule has 0 unspecified atom stereocenters. The Morgan fingerprint density at radius 1 is 0.328 bits per heavy atom. The highest BCUT2D eigenvalue weighted by Gasteiger charge is 2.36. The topological polar surface area (TPSA) is 51.6 Å². The Labute approximate surface area is 356 Å². The Balaban J connectivity index is 0.923. The Hall–Kier alpha value is -7.82. The molecule has 8 aromatic carbocycles. The molecule has 4 nitrogen and oxygen atoms in total. The van der Waals surface area contributed by atoms with Crippen LogP contribution < -0.4 is 0 Å². The summed E-state index contributed by atoms with van der Waals surface area (Å²) in [6.07, 6.45) is 3.62. The largest absolute Gasteiger partial charge is 0.265 e. The van der Waals surface area contributed by atoms with Crippen LogP contribution in [-0.4, -0.2) is 19.9 Å². The molecular weight excluding hydrogens is 741 g/mol. The average Bonchev–Trinajstić information content (AvgIpc) is 3.57. The van der Waals surface area contributed by atoms with Crippen molar-refractivity contribution >= 4 is 10.8 Å². The molecule has 0 fully saturated rings. The van der Waals surface area contributed by atoms with Crippen molar-refractivity contribution in [3.05, 3.63) is 218 Å². The molecule has 288 valence electrons. The Bertz CT molecular complexity index is 3260. The number of nitrogens with zero attached hydrogens (tertiary/aromatic N) is 4. The molecule has 0 N–H and O–H groups in total. The molecule has 0 amide bonds. The summed E-state index contributed by atoms with van der Waals surface area (Å²) in [4.78, 5) is 19.2. The van der Waals surface area contributed by atoms with Crippen LogP contribution in [0.2, 0.25) is 0 Å². The lowest BCUT2D eigenvalue weighted by Crippen LogP contribution is -2.15. The first-order valence-corrected chi connectivity index (χ1v) is 20.8. The quantitative estimate of drug-likeness (QED) is 0.162. The average molecular weight is 781 g/mol. The van der Waals surface area contributed by atoms with Crippen LogP contribution in [0.15, 0.2) is 207 Å². The van der Waals surface area contributed by atoms with E-state index in [0.29, 0.717) is 17.5 Å². The van der Waals surface area contributed by atoms with Crippen molar-refractivity contribution in [3.8, 4) is 89.8 Å². The molecule has 2 aromatic heterocycles. The second-order valence-corrected chi connectivity index (χ2v) is 16.3. The van der Waals surface area contributed by atoms with Crippen LogP contribution in [-0.2, 0) is 5.41 Å². The van der Waals surface area contributed by atoms with Gasteiger partial charge in [0.1, 0.15) is 0 Å². The molecule has 0 atom stereocenters. The van der Waals surface area contributed by atoms with E-state index >= 15 is 0 Å². The van der Waals surface area contributed by atoms with Crippen molar-refractivity contribution in [1.29, 1.82) is 0 Å². The molecular formula is C57H40N4. The van der Waals surface area contributed by atoms with Gasteiger partial charge in [0.25, 0.3) is 0 Å². The number of hydrogen-bond acceptors (Lipinski definition) is 4. The van der Waals surface area contributed by atoms with Crippen LogP contribution in [0.1, 0.15) is 25.0 Å². The zero-order valence-electron chi connectivity index (χ0n) is 33.9. The monoisotopic (exact) mass is 780 g/mol. The smallest absolute Gasteiger partial charge is 0.164 e. The van der Waals surface area contributed by atoms with E-state index in [2.05, 4.69) is 170 Å². The van der Waals surface area contributed by atoms with Crippen LogP contribution in [0.4, 0.5) is 0 Å². The number of pyridine rings is 1. The molecule has 11 rings (SSSR count). The van der Waals surface area contributed by atoms with Gasteiger partial charge in [0, 0.05) is 34.5 Å². The normalized spacial score (nSPS) is 12.6. The summed E-state index contributed by atoms with van der Waals surface area (Å²) in [5.41, 5.74) is 17.4. The first-order chi connectivity index (χ1) is 30.0. The third-order valence-corrected chi connectivity index (χ3v) is 12.2. The van der Waals surface area contributed by atoms with Gasteiger partial charge in [0.2, 0.25) is 0 Å². The van der Waals surface area contributed by atoms with Gasteiger partial charge in [-0.2, -0.15) is 0 Å². The van der Waals surface area contributed by atoms with E-state index in [1.165, 1.54) is 49.7 Å². The molecule has 1 aliphatic rings. The second-order valence-electron chi connectivity index (χ2n) is 16.3. The molecule has 2 heterocycles. The van der Waals surface area contributed by atoms with Crippen molar-refractivity contribution in [3.63, 3.8) is 0 Å². The SMILES string of the molecule is CC1(C)c2cc(-c3cccc(-c4cccc(-c5cccc(-c6nc(-c7ccccc7)nc(-c7ccc(-c8ccncc8)cc7)n6)c5)c4)c3)ccc2-c2c1ccc1ccccc21. The number of benzene rings is 8. The van der Waals surface area contributed by atoms with E-state index in [1.807, 2.05) is 54.9 Å². The van der Waals surface area contributed by atoms with Crippen LogP contribution >= 0.6 is 0 Å². The lowest BCUT2D eigenvalue weighted by atomic mass is 9.81. The van der Waals surface area contributed by atoms with Gasteiger partial charge in [-0.1, -0.05) is 172 Å². The fourth-order valence-electron chi connectivity index (χ4n) is 8.99. The van der Waals surface area contributed by atoms with E-state index in [-0.39, 0.29) is 5.41 Å². The third-order valence-electron chi connectivity index (χ3n) is 12.2. The Kier molecular flexibility index (Phi) is 8.79. The van der Waals surface area contributed by atoms with Gasteiger partial charge in [0.05, 0.1) is 0 Å². The molecule has 0 saturated carbocycles. The van der Waals surface area contributed by atoms with Gasteiger partial charge in [-0.05, 0) is 114 Å². The minimum atomic E-state index is -0.0937. The van der Waals surface area contributed by atoms with Crippen LogP contribution in [0.25, 0.3) is 101 Å². The minimum Gasteiger partial charge on any atom is -0.265 e. The van der Waals surface area contributed by atoms with Crippen molar-refractivity contribution in [2.24, 2.45) is 0 Å². The summed E-state index contributed by atoms with van der Waals surface area (Å²) < 4.78 is 0. The molecule has 0 radical (unpaired) electrons. The number of hydrogen-bond donors (Lipinski definition) is 0. The first-order valence-electron chi connectivity index (χ1n) is 20.8. The van der Waals surface area contributed by atoms with E-state index in [4.69, 9.17) is 15.0 Å². The number of fused-ring (bicyclic) bond motifs is 5. The van der Waals surface area contributed by atoms with Crippen LogP contribution in [0, 0.1) is 0 Å². The zero-order chi connectivity index (χ0) is 40.9. The Morgan fingerprint density at radius 3 is 1.43 bits per heavy atom. The summed E-state index contributed by atoms with van der Waals surface area (Å²) in [5, 5.41) is 2.61. The zero-order valence-corrected chi connectivity index (χ0v) is 33.9. The van der Waals surface area contributed by atoms with Gasteiger partial charge < -0.3 is 0 Å². The molecule has 61 heavy (non-hydrogen) atoms. The highest BCUT2D eigenvalue weighted by molar-refractivity contribution is 6.03. The van der Waals surface area contributed by atoms with Crippen molar-refractivity contribution in [2.45, 2.75) is 19.3 Å². The predicted molar refractivity (Wildman–Crippen MR) is 251 cm³/mol. The lowest BCUT2D eigenvalue weighted by Gasteiger charge is -2.22. The summed E-state index contributed by atoms with van der Waals surface area (Å²) >= 11 is 0. The molecule has 0 saturated heterocycles. The van der Waals surface area contributed by atoms with Gasteiger partial charge in [0.15, 0.2) is 17.5 Å². The standard InChI is InChI=1S/C57H40N4/c1-57(2)51-28-26-39-11-6-7-20-49(39)53(51)50-27-25-47(36-52(50)57)45-17-9-15-43(34-45)42-14-8-16-44(33-42)46-18-10-19-48(35-46)56-60-54(40-12-4-3-5-13-40)59-55(61-56)41-23-21-37(22-24-41)38-29-31-58-32-30-38/h3-36H,1-2H3. The van der Waals surface area contributed by atoms with Crippen molar-refractivity contribution in [1.82, 2.24) is 19.9 Å². The van der Waals surface area contributed by atoms with Crippen molar-refractivity contribution < 1.29 is 0 Å². The van der Waals surface area contributed by atoms with E-state index in [0.717, 1.165) is 44.5 Å². The lowest BCUT2D eigenvalue weighted by molar-refractivity contribution is 0.661. The molecule has 10 aromatic rings. The molecule has 0 spiro atoms. The Morgan fingerprint density at radius 2 is 0.787 bits per heavy atom. The summed E-state index contributed by atoms with van der Waals surface area (Å²) in [6, 6.07) is 69.1. The minimum absolute atomic E-state index is 0.0937. The number of aromatic nitrogens is 4. The predicted octanol–water partition coefficient (Wildman–Crippen LogP) is 14.4. The summed E-state index contributed by atoms with van der Waals surface area (Å²) in [6.45, 7) is 4.72. The van der Waals surface area contributed by atoms with Gasteiger partial charge in [-0.25, -0.2) is 15.0 Å². The van der Waals surface area contributed by atoms with Crippen LogP contribution in [0.3, 0.4) is 0 Å². The van der Waals surface area contributed by atoms with Gasteiger partial charge >= 0.3 is 0 Å². The highest BCUT2D eigenvalue weighted by Crippen LogP contribution is 2.52. The van der Waals surface area contributed by atoms with E-state index < -0.39 is 0 Å². The molecule has 1 aliphatic carbocycles. The summed E-state index contributed by atoms with van der Waals surface area (Å²) in [7, 11) is 0. The molecule has 0 bridgehead atoms. The fraction of sp³-hybridized carbons (Fsp3) is 0.0526. The van der Waals surface area contributed by atoms with Crippen LogP contribution in [0.5, 0.6) is 0 Å². The van der Waals surface area contributed by atoms with E-state index in [1.54, 1.807) is 0 Å². The number of rotatable bonds is 7. The first kappa shape index (κ1) is 36.3. The fourth-order valence-corrected chi connectivity index (χ4v) is 8.99. The maximum Gasteiger partial charge on any atom is 0.164 e.